The van der Waals surface area contributed by atoms with Crippen LogP contribution in [-0.4, -0.2) is 26.3 Å². The molecule has 3 aromatic rings. The van der Waals surface area contributed by atoms with Crippen molar-refractivity contribution in [1.29, 1.82) is 0 Å². The van der Waals surface area contributed by atoms with E-state index in [1.807, 2.05) is 22.9 Å². The molecule has 7 heteroatoms. The van der Waals surface area contributed by atoms with Crippen molar-refractivity contribution < 1.29 is 0 Å². The lowest BCUT2D eigenvalue weighted by Gasteiger charge is -2.19. The fourth-order valence-corrected chi connectivity index (χ4v) is 3.14. The first-order chi connectivity index (χ1) is 11.4. The molecule has 0 aliphatic heterocycles. The molecule has 0 amide bonds. The zero-order valence-electron chi connectivity index (χ0n) is 13.8. The number of fused-ring (bicyclic) bond motifs is 1. The van der Waals surface area contributed by atoms with Gasteiger partial charge in [-0.15, -0.1) is 0 Å². The Labute approximate surface area is 151 Å². The summed E-state index contributed by atoms with van der Waals surface area (Å²) in [7, 11) is 0. The van der Waals surface area contributed by atoms with Crippen molar-refractivity contribution in [3.8, 4) is 0 Å². The monoisotopic (exact) mass is 363 g/mol. The van der Waals surface area contributed by atoms with Crippen LogP contribution in [0.3, 0.4) is 0 Å². The van der Waals surface area contributed by atoms with E-state index in [2.05, 4.69) is 41.2 Å². The lowest BCUT2D eigenvalue weighted by Crippen LogP contribution is -2.23. The number of anilines is 1. The number of halogens is 2. The Bertz CT molecular complexity index is 847. The van der Waals surface area contributed by atoms with Gasteiger partial charge in [0.1, 0.15) is 12.1 Å². The van der Waals surface area contributed by atoms with E-state index in [-0.39, 0.29) is 5.54 Å². The maximum absolute atomic E-state index is 6.21. The maximum Gasteiger partial charge on any atom is 0.163 e. The van der Waals surface area contributed by atoms with Crippen LogP contribution in [0.4, 0.5) is 5.82 Å². The van der Waals surface area contributed by atoms with Crippen molar-refractivity contribution in [2.75, 3.05) is 11.9 Å². The highest BCUT2D eigenvalue weighted by molar-refractivity contribution is 6.36. The molecule has 0 aliphatic rings. The molecule has 0 bridgehead atoms. The van der Waals surface area contributed by atoms with Gasteiger partial charge in [-0.3, -0.25) is 0 Å². The average molecular weight is 364 g/mol. The Morgan fingerprint density at radius 3 is 2.50 bits per heavy atom. The second kappa shape index (κ2) is 6.57. The van der Waals surface area contributed by atoms with Gasteiger partial charge in [0, 0.05) is 16.6 Å². The molecule has 5 nitrogen and oxygen atoms in total. The van der Waals surface area contributed by atoms with Crippen molar-refractivity contribution in [2.45, 2.75) is 32.7 Å². The lowest BCUT2D eigenvalue weighted by atomic mass is 10.1. The van der Waals surface area contributed by atoms with Gasteiger partial charge < -0.3 is 5.32 Å². The van der Waals surface area contributed by atoms with Crippen LogP contribution in [0.1, 0.15) is 26.3 Å². The molecule has 0 saturated heterocycles. The molecular weight excluding hydrogens is 345 g/mol. The van der Waals surface area contributed by atoms with Crippen LogP contribution in [0.2, 0.25) is 10.0 Å². The Kier molecular flexibility index (Phi) is 4.65. The van der Waals surface area contributed by atoms with E-state index in [4.69, 9.17) is 23.2 Å². The zero-order chi connectivity index (χ0) is 17.3. The van der Waals surface area contributed by atoms with Gasteiger partial charge >= 0.3 is 0 Å². The zero-order valence-corrected chi connectivity index (χ0v) is 15.4. The van der Waals surface area contributed by atoms with Crippen LogP contribution < -0.4 is 5.32 Å². The predicted octanol–water partition coefficient (Wildman–Crippen LogP) is 4.54. The number of benzene rings is 1. The van der Waals surface area contributed by atoms with Crippen LogP contribution in [0, 0.1) is 0 Å². The summed E-state index contributed by atoms with van der Waals surface area (Å²) >= 11 is 12.4. The number of rotatable bonds is 4. The quantitative estimate of drug-likeness (QED) is 0.738. The van der Waals surface area contributed by atoms with Crippen LogP contribution in [0.25, 0.3) is 11.0 Å². The van der Waals surface area contributed by atoms with Gasteiger partial charge in [0.05, 0.1) is 17.1 Å². The van der Waals surface area contributed by atoms with E-state index in [9.17, 15) is 0 Å². The largest absolute Gasteiger partial charge is 0.369 e. The third kappa shape index (κ3) is 3.32. The van der Waals surface area contributed by atoms with E-state index < -0.39 is 0 Å². The topological polar surface area (TPSA) is 55.6 Å². The molecule has 0 fully saturated rings. The fraction of sp³-hybridized carbons (Fsp3) is 0.353. The minimum Gasteiger partial charge on any atom is -0.369 e. The van der Waals surface area contributed by atoms with E-state index in [0.29, 0.717) is 23.0 Å². The molecular formula is C17H19Cl2N5. The molecule has 1 aromatic carbocycles. The molecule has 0 aliphatic carbocycles. The Hall–Kier alpha value is -1.85. The highest BCUT2D eigenvalue weighted by Gasteiger charge is 2.19. The minimum absolute atomic E-state index is 0.140. The van der Waals surface area contributed by atoms with E-state index in [1.165, 1.54) is 0 Å². The van der Waals surface area contributed by atoms with Crippen molar-refractivity contribution in [3.63, 3.8) is 0 Å². The first-order valence-corrected chi connectivity index (χ1v) is 8.49. The second-order valence-corrected chi connectivity index (χ2v) is 7.38. The molecule has 0 spiro atoms. The molecule has 0 saturated carbocycles. The molecule has 3 rings (SSSR count). The molecule has 2 aromatic heterocycles. The van der Waals surface area contributed by atoms with Gasteiger partial charge in [-0.05, 0) is 44.9 Å². The molecule has 0 radical (unpaired) electrons. The summed E-state index contributed by atoms with van der Waals surface area (Å²) in [5, 5.41) is 10.0. The van der Waals surface area contributed by atoms with Gasteiger partial charge in [0.25, 0.3) is 0 Å². The maximum atomic E-state index is 6.21. The number of hydrogen-bond acceptors (Lipinski definition) is 4. The van der Waals surface area contributed by atoms with Crippen LogP contribution in [-0.2, 0) is 12.0 Å². The van der Waals surface area contributed by atoms with Crippen molar-refractivity contribution >= 4 is 40.1 Å². The Balaban J connectivity index is 1.80. The summed E-state index contributed by atoms with van der Waals surface area (Å²) in [6, 6.07) is 5.54. The molecule has 1 N–H and O–H groups in total. The first kappa shape index (κ1) is 17.0. The molecule has 24 heavy (non-hydrogen) atoms. The summed E-state index contributed by atoms with van der Waals surface area (Å²) in [4.78, 5) is 8.71. The summed E-state index contributed by atoms with van der Waals surface area (Å²) in [6.07, 6.45) is 4.06. The van der Waals surface area contributed by atoms with E-state index in [0.717, 1.165) is 22.4 Å². The van der Waals surface area contributed by atoms with Crippen LogP contribution in [0.5, 0.6) is 0 Å². The van der Waals surface area contributed by atoms with Gasteiger partial charge in [0.15, 0.2) is 5.65 Å². The third-order valence-electron chi connectivity index (χ3n) is 3.73. The Morgan fingerprint density at radius 1 is 1.12 bits per heavy atom. The SMILES string of the molecule is CC(C)(C)n1ncc2c(NCCc3c(Cl)cccc3Cl)ncnc21. The highest BCUT2D eigenvalue weighted by atomic mass is 35.5. The second-order valence-electron chi connectivity index (χ2n) is 6.56. The molecule has 126 valence electrons. The average Bonchev–Trinajstić information content (AvgIpc) is 2.95. The molecule has 0 atom stereocenters. The van der Waals surface area contributed by atoms with Gasteiger partial charge in [-0.2, -0.15) is 5.10 Å². The normalized spacial score (nSPS) is 11.9. The molecule has 0 unspecified atom stereocenters. The lowest BCUT2D eigenvalue weighted by molar-refractivity contribution is 0.366. The van der Waals surface area contributed by atoms with Crippen molar-refractivity contribution in [1.82, 2.24) is 19.7 Å². The summed E-state index contributed by atoms with van der Waals surface area (Å²) in [5.41, 5.74) is 1.61. The summed E-state index contributed by atoms with van der Waals surface area (Å²) in [6.45, 7) is 6.94. The van der Waals surface area contributed by atoms with Crippen molar-refractivity contribution in [2.24, 2.45) is 0 Å². The number of nitrogens with zero attached hydrogens (tertiary/aromatic N) is 4. The first-order valence-electron chi connectivity index (χ1n) is 7.74. The minimum atomic E-state index is -0.140. The van der Waals surface area contributed by atoms with Crippen LogP contribution >= 0.6 is 23.2 Å². The number of nitrogens with one attached hydrogen (secondary N) is 1. The predicted molar refractivity (Wildman–Crippen MR) is 99.0 cm³/mol. The number of hydrogen-bond donors (Lipinski definition) is 1. The van der Waals surface area contributed by atoms with Gasteiger partial charge in [-0.25, -0.2) is 14.6 Å². The van der Waals surface area contributed by atoms with Gasteiger partial charge in [0.2, 0.25) is 0 Å². The fourth-order valence-electron chi connectivity index (χ4n) is 2.55. The third-order valence-corrected chi connectivity index (χ3v) is 4.44. The Morgan fingerprint density at radius 2 is 1.83 bits per heavy atom. The van der Waals surface area contributed by atoms with Crippen LogP contribution in [0.15, 0.2) is 30.7 Å². The van der Waals surface area contributed by atoms with E-state index in [1.54, 1.807) is 12.5 Å². The highest BCUT2D eigenvalue weighted by Crippen LogP contribution is 2.26. The van der Waals surface area contributed by atoms with Gasteiger partial charge in [-0.1, -0.05) is 29.3 Å². The summed E-state index contributed by atoms with van der Waals surface area (Å²) < 4.78 is 1.90. The van der Waals surface area contributed by atoms with E-state index >= 15 is 0 Å². The standard InChI is InChI=1S/C17H19Cl2N5/c1-17(2,3)24-16-12(9-23-24)15(21-10-22-16)20-8-7-11-13(18)5-4-6-14(11)19/h4-6,9-10H,7-8H2,1-3H3,(H,20,21,22). The smallest absolute Gasteiger partial charge is 0.163 e. The van der Waals surface area contributed by atoms with Crippen molar-refractivity contribution in [3.05, 3.63) is 46.3 Å². The summed E-state index contributed by atoms with van der Waals surface area (Å²) in [5.74, 6) is 0.763. The number of aromatic nitrogens is 4. The molecule has 2 heterocycles.